The maximum atomic E-state index is 4.72. The van der Waals surface area contributed by atoms with Crippen LogP contribution in [0.15, 0.2) is 18.5 Å². The number of aromatic nitrogens is 8. The van der Waals surface area contributed by atoms with E-state index in [1.54, 1.807) is 6.33 Å². The summed E-state index contributed by atoms with van der Waals surface area (Å²) in [6.07, 6.45) is 3.52. The molecule has 1 saturated heterocycles. The highest BCUT2D eigenvalue weighted by molar-refractivity contribution is 5.54. The minimum atomic E-state index is 0.320. The molecular weight excluding hydrogens is 368 g/mol. The van der Waals surface area contributed by atoms with Gasteiger partial charge in [0.2, 0.25) is 0 Å². The normalized spacial score (nSPS) is 15.5. The zero-order valence-electron chi connectivity index (χ0n) is 17.1. The lowest BCUT2D eigenvalue weighted by Crippen LogP contribution is -2.35. The van der Waals surface area contributed by atoms with E-state index in [0.29, 0.717) is 11.7 Å². The van der Waals surface area contributed by atoms with Crippen LogP contribution in [0, 0.1) is 13.8 Å². The largest absolute Gasteiger partial charge is 0.361 e. The molecule has 1 aliphatic rings. The van der Waals surface area contributed by atoms with Crippen LogP contribution in [-0.4, -0.2) is 66.6 Å². The Kier molecular flexibility index (Phi) is 4.07. The molecule has 4 aromatic rings. The van der Waals surface area contributed by atoms with Gasteiger partial charge >= 0.3 is 0 Å². The van der Waals surface area contributed by atoms with Crippen LogP contribution in [0.1, 0.15) is 35.8 Å². The first-order valence-electron chi connectivity index (χ1n) is 9.84. The van der Waals surface area contributed by atoms with Gasteiger partial charge in [0, 0.05) is 44.4 Å². The summed E-state index contributed by atoms with van der Waals surface area (Å²) in [5.74, 6) is 3.89. The number of anilines is 2. The summed E-state index contributed by atoms with van der Waals surface area (Å²) in [5, 5.41) is 17.9. The average Bonchev–Trinajstić information content (AvgIpc) is 3.35. The van der Waals surface area contributed by atoms with E-state index >= 15 is 0 Å². The topological polar surface area (TPSA) is 92.6 Å². The molecule has 10 heteroatoms. The number of aryl methyl sites for hydroxylation is 1. The second kappa shape index (κ2) is 6.64. The van der Waals surface area contributed by atoms with E-state index in [1.807, 2.05) is 47.1 Å². The van der Waals surface area contributed by atoms with Crippen LogP contribution in [-0.2, 0) is 0 Å². The van der Waals surface area contributed by atoms with E-state index in [1.165, 1.54) is 0 Å². The first kappa shape index (κ1) is 17.8. The molecule has 0 radical (unpaired) electrons. The molecule has 29 heavy (non-hydrogen) atoms. The fraction of sp³-hybridized carbons (Fsp3) is 0.474. The van der Waals surface area contributed by atoms with Crippen molar-refractivity contribution in [1.29, 1.82) is 0 Å². The molecule has 4 aromatic heterocycles. The Labute approximate surface area is 168 Å². The maximum absolute atomic E-state index is 4.72. The second-order valence-corrected chi connectivity index (χ2v) is 7.79. The highest BCUT2D eigenvalue weighted by atomic mass is 15.4. The van der Waals surface area contributed by atoms with Crippen molar-refractivity contribution in [3.63, 3.8) is 0 Å². The highest BCUT2D eigenvalue weighted by Gasteiger charge is 2.28. The van der Waals surface area contributed by atoms with Crippen molar-refractivity contribution >= 4 is 23.1 Å². The van der Waals surface area contributed by atoms with Crippen molar-refractivity contribution in [3.05, 3.63) is 35.5 Å². The van der Waals surface area contributed by atoms with Gasteiger partial charge in [-0.15, -0.1) is 15.3 Å². The van der Waals surface area contributed by atoms with Crippen molar-refractivity contribution in [2.24, 2.45) is 0 Å². The van der Waals surface area contributed by atoms with Crippen molar-refractivity contribution < 1.29 is 0 Å². The molecule has 0 saturated carbocycles. The van der Waals surface area contributed by atoms with Crippen LogP contribution in [0.2, 0.25) is 0 Å². The summed E-state index contributed by atoms with van der Waals surface area (Å²) in [6.45, 7) is 5.94. The molecule has 1 aliphatic heterocycles. The Morgan fingerprint density at radius 1 is 1.03 bits per heavy atom. The van der Waals surface area contributed by atoms with Crippen LogP contribution in [0.4, 0.5) is 11.6 Å². The molecule has 5 heterocycles. The lowest BCUT2D eigenvalue weighted by Gasteiger charge is -2.33. The van der Waals surface area contributed by atoms with Gasteiger partial charge in [-0.2, -0.15) is 19.1 Å². The molecule has 0 amide bonds. The molecule has 0 spiro atoms. The highest BCUT2D eigenvalue weighted by Crippen LogP contribution is 2.31. The van der Waals surface area contributed by atoms with E-state index in [4.69, 9.17) is 5.10 Å². The van der Waals surface area contributed by atoms with Crippen LogP contribution < -0.4 is 9.80 Å². The van der Waals surface area contributed by atoms with Crippen LogP contribution in [0.5, 0.6) is 0 Å². The molecule has 0 aromatic carbocycles. The number of hydrogen-bond acceptors (Lipinski definition) is 8. The van der Waals surface area contributed by atoms with E-state index < -0.39 is 0 Å². The second-order valence-electron chi connectivity index (χ2n) is 7.79. The smallest absolute Gasteiger partial charge is 0.254 e. The summed E-state index contributed by atoms with van der Waals surface area (Å²) in [7, 11) is 3.97. The fourth-order valence-electron chi connectivity index (χ4n) is 4.03. The van der Waals surface area contributed by atoms with Crippen molar-refractivity contribution in [2.45, 2.75) is 32.6 Å². The number of rotatable bonds is 3. The minimum absolute atomic E-state index is 0.320. The number of fused-ring (bicyclic) bond motifs is 2. The summed E-state index contributed by atoms with van der Waals surface area (Å²) in [4.78, 5) is 13.2. The predicted molar refractivity (Wildman–Crippen MR) is 110 cm³/mol. The van der Waals surface area contributed by atoms with Gasteiger partial charge in [-0.1, -0.05) is 0 Å². The standard InChI is InChI=1S/C19H24N10/c1-12-13(2)22-19-20-11-21-29(19)18(12)27-9-7-14(8-10-27)17-24-23-15-5-6-16(26(3)4)25-28(15)17/h5-6,11,14H,7-10H2,1-4H3. The Hall–Kier alpha value is -3.30. The van der Waals surface area contributed by atoms with Crippen LogP contribution in [0.25, 0.3) is 11.4 Å². The van der Waals surface area contributed by atoms with Gasteiger partial charge in [-0.3, -0.25) is 0 Å². The molecule has 0 N–H and O–H groups in total. The molecule has 0 bridgehead atoms. The SMILES string of the molecule is Cc1nc2ncnn2c(N2CCC(c3nnc4ccc(N(C)C)nn34)CC2)c1C. The quantitative estimate of drug-likeness (QED) is 0.519. The molecule has 0 atom stereocenters. The zero-order chi connectivity index (χ0) is 20.1. The van der Waals surface area contributed by atoms with Gasteiger partial charge in [0.15, 0.2) is 11.5 Å². The Morgan fingerprint density at radius 3 is 2.59 bits per heavy atom. The lowest BCUT2D eigenvalue weighted by atomic mass is 9.96. The minimum Gasteiger partial charge on any atom is -0.361 e. The Morgan fingerprint density at radius 2 is 1.83 bits per heavy atom. The van der Waals surface area contributed by atoms with Crippen molar-refractivity contribution in [3.8, 4) is 0 Å². The van der Waals surface area contributed by atoms with Crippen LogP contribution >= 0.6 is 0 Å². The number of piperidine rings is 1. The average molecular weight is 392 g/mol. The third kappa shape index (κ3) is 2.86. The molecule has 10 nitrogen and oxygen atoms in total. The van der Waals surface area contributed by atoms with E-state index in [9.17, 15) is 0 Å². The van der Waals surface area contributed by atoms with Crippen molar-refractivity contribution in [2.75, 3.05) is 37.0 Å². The lowest BCUT2D eigenvalue weighted by molar-refractivity contribution is 0.472. The van der Waals surface area contributed by atoms with Gasteiger partial charge in [0.1, 0.15) is 18.0 Å². The molecule has 1 fully saturated rings. The van der Waals surface area contributed by atoms with E-state index in [0.717, 1.165) is 60.3 Å². The first-order chi connectivity index (χ1) is 14.0. The Bertz CT molecular complexity index is 1180. The van der Waals surface area contributed by atoms with Gasteiger partial charge in [0.05, 0.1) is 0 Å². The summed E-state index contributed by atoms with van der Waals surface area (Å²) >= 11 is 0. The van der Waals surface area contributed by atoms with E-state index in [2.05, 4.69) is 37.1 Å². The molecule has 0 unspecified atom stereocenters. The maximum Gasteiger partial charge on any atom is 0.254 e. The summed E-state index contributed by atoms with van der Waals surface area (Å²) < 4.78 is 3.74. The van der Waals surface area contributed by atoms with Gasteiger partial charge in [-0.05, 0) is 38.8 Å². The summed E-state index contributed by atoms with van der Waals surface area (Å²) in [5.41, 5.74) is 2.93. The molecular formula is C19H24N10. The van der Waals surface area contributed by atoms with Gasteiger partial charge in [0.25, 0.3) is 5.78 Å². The van der Waals surface area contributed by atoms with Crippen LogP contribution in [0.3, 0.4) is 0 Å². The first-order valence-corrected chi connectivity index (χ1v) is 9.84. The van der Waals surface area contributed by atoms with Crippen molar-refractivity contribution in [1.82, 2.24) is 39.4 Å². The van der Waals surface area contributed by atoms with E-state index in [-0.39, 0.29) is 0 Å². The third-order valence-corrected chi connectivity index (χ3v) is 5.77. The zero-order valence-corrected chi connectivity index (χ0v) is 17.1. The van der Waals surface area contributed by atoms with Gasteiger partial charge < -0.3 is 9.80 Å². The van der Waals surface area contributed by atoms with Gasteiger partial charge in [-0.25, -0.2) is 4.98 Å². The monoisotopic (exact) mass is 392 g/mol. The number of nitrogens with zero attached hydrogens (tertiary/aromatic N) is 10. The fourth-order valence-corrected chi connectivity index (χ4v) is 4.03. The molecule has 5 rings (SSSR count). The predicted octanol–water partition coefficient (Wildman–Crippen LogP) is 1.63. The molecule has 150 valence electrons. The number of hydrogen-bond donors (Lipinski definition) is 0. The molecule has 0 aliphatic carbocycles. The summed E-state index contributed by atoms with van der Waals surface area (Å²) in [6, 6.07) is 3.94. The third-order valence-electron chi connectivity index (χ3n) is 5.77. The Balaban J connectivity index is 1.43.